The monoisotopic (exact) mass is 137 g/mol. The third-order valence-corrected chi connectivity index (χ3v) is 2.68. The van der Waals surface area contributed by atoms with Crippen LogP contribution in [0.25, 0.3) is 0 Å². The van der Waals surface area contributed by atoms with Gasteiger partial charge in [0.25, 0.3) is 0 Å². The second-order valence-corrected chi connectivity index (χ2v) is 4.13. The summed E-state index contributed by atoms with van der Waals surface area (Å²) in [7, 11) is 0. The molecule has 1 rings (SSSR count). The molecule has 0 amide bonds. The Morgan fingerprint density at radius 3 is 1.90 bits per heavy atom. The van der Waals surface area contributed by atoms with Crippen LogP contribution in [0.2, 0.25) is 0 Å². The predicted octanol–water partition coefficient (Wildman–Crippen LogP) is 3.20. The predicted molar refractivity (Wildman–Crippen MR) is 45.6 cm³/mol. The summed E-state index contributed by atoms with van der Waals surface area (Å²) in [5.74, 6) is 2.39. The largest absolute Gasteiger partial charge is 0.0816 e. The van der Waals surface area contributed by atoms with Crippen molar-refractivity contribution >= 4 is 0 Å². The Bertz CT molecular complexity index is 159. The quantitative estimate of drug-likeness (QED) is 0.487. The fraction of sp³-hybridized carbons (Fsp3) is 0.700. The molecular weight excluding hydrogens is 120 g/mol. The molecule has 1 fully saturated rings. The van der Waals surface area contributed by atoms with Gasteiger partial charge in [0.05, 0.1) is 0 Å². The average Bonchev–Trinajstić information content (AvgIpc) is 2.17. The molecule has 0 aromatic carbocycles. The average molecular weight is 137 g/mol. The van der Waals surface area contributed by atoms with Gasteiger partial charge in [-0.2, -0.15) is 0 Å². The molecule has 1 saturated carbocycles. The van der Waals surface area contributed by atoms with E-state index in [1.54, 1.807) is 5.92 Å². The first-order valence-corrected chi connectivity index (χ1v) is 3.95. The zero-order valence-electron chi connectivity index (χ0n) is 7.65. The smallest absolute Gasteiger partial charge is 0.0109 e. The molecule has 0 aliphatic heterocycles. The highest BCUT2D eigenvalue weighted by molar-refractivity contribution is 5.32. The third kappa shape index (κ3) is 1.12. The summed E-state index contributed by atoms with van der Waals surface area (Å²) in [6.45, 7) is 11.2. The van der Waals surface area contributed by atoms with Gasteiger partial charge in [-0.1, -0.05) is 32.4 Å². The lowest BCUT2D eigenvalue weighted by Crippen LogP contribution is -1.87. The first-order chi connectivity index (χ1) is 4.46. The molecule has 1 aliphatic rings. The van der Waals surface area contributed by atoms with Crippen molar-refractivity contribution in [2.45, 2.75) is 34.6 Å². The van der Waals surface area contributed by atoms with Crippen LogP contribution in [0.3, 0.4) is 0 Å². The summed E-state index contributed by atoms with van der Waals surface area (Å²) in [5, 5.41) is 0. The molecule has 1 aliphatic carbocycles. The van der Waals surface area contributed by atoms with E-state index in [9.17, 15) is 0 Å². The van der Waals surface area contributed by atoms with Gasteiger partial charge in [-0.3, -0.25) is 0 Å². The van der Waals surface area contributed by atoms with E-state index in [4.69, 9.17) is 0 Å². The van der Waals surface area contributed by atoms with Crippen molar-refractivity contribution in [3.63, 3.8) is 0 Å². The van der Waals surface area contributed by atoms with Crippen LogP contribution in [-0.2, 0) is 0 Å². The lowest BCUT2D eigenvalue weighted by atomic mass is 10.1. The SMILES string of the molecule is C[C]1C(C=C(C)C)C1(C)C. The van der Waals surface area contributed by atoms with Gasteiger partial charge in [0.1, 0.15) is 0 Å². The standard InChI is InChI=1S/C10H17/c1-7(2)6-9-8(3)10(9,4)5/h6,9H,1-5H3. The minimum atomic E-state index is 0.497. The van der Waals surface area contributed by atoms with Gasteiger partial charge in [-0.15, -0.1) is 0 Å². The Balaban J connectivity index is 2.58. The van der Waals surface area contributed by atoms with E-state index in [-0.39, 0.29) is 0 Å². The lowest BCUT2D eigenvalue weighted by molar-refractivity contribution is 0.614. The molecule has 0 aromatic rings. The van der Waals surface area contributed by atoms with Crippen LogP contribution in [0.4, 0.5) is 0 Å². The fourth-order valence-electron chi connectivity index (χ4n) is 1.47. The Morgan fingerprint density at radius 1 is 1.40 bits per heavy atom. The zero-order chi connectivity index (χ0) is 7.94. The van der Waals surface area contributed by atoms with Crippen molar-refractivity contribution in [3.05, 3.63) is 17.6 Å². The molecule has 0 heteroatoms. The molecule has 1 radical (unpaired) electrons. The van der Waals surface area contributed by atoms with Gasteiger partial charge in [-0.25, -0.2) is 0 Å². The summed E-state index contributed by atoms with van der Waals surface area (Å²) < 4.78 is 0. The van der Waals surface area contributed by atoms with Crippen LogP contribution in [0, 0.1) is 17.3 Å². The van der Waals surface area contributed by atoms with Gasteiger partial charge in [0.15, 0.2) is 0 Å². The van der Waals surface area contributed by atoms with E-state index >= 15 is 0 Å². The molecule has 1 atom stereocenters. The van der Waals surface area contributed by atoms with E-state index in [1.807, 2.05) is 0 Å². The van der Waals surface area contributed by atoms with Crippen molar-refractivity contribution in [1.29, 1.82) is 0 Å². The summed E-state index contributed by atoms with van der Waals surface area (Å²) in [6.07, 6.45) is 2.37. The first kappa shape index (κ1) is 7.84. The zero-order valence-corrected chi connectivity index (χ0v) is 7.65. The van der Waals surface area contributed by atoms with Crippen LogP contribution >= 0.6 is 0 Å². The molecule has 1 unspecified atom stereocenters. The van der Waals surface area contributed by atoms with Crippen molar-refractivity contribution in [2.24, 2.45) is 11.3 Å². The number of hydrogen-bond donors (Lipinski definition) is 0. The fourth-order valence-corrected chi connectivity index (χ4v) is 1.47. The topological polar surface area (TPSA) is 0 Å². The summed E-state index contributed by atoms with van der Waals surface area (Å²) in [4.78, 5) is 0. The van der Waals surface area contributed by atoms with Crippen LogP contribution in [0.15, 0.2) is 11.6 Å². The van der Waals surface area contributed by atoms with E-state index in [2.05, 4.69) is 40.7 Å². The molecule has 10 heavy (non-hydrogen) atoms. The Labute approximate surface area is 64.3 Å². The third-order valence-electron chi connectivity index (χ3n) is 2.68. The second-order valence-electron chi connectivity index (χ2n) is 4.13. The molecule has 0 aromatic heterocycles. The van der Waals surface area contributed by atoms with E-state index < -0.39 is 0 Å². The second kappa shape index (κ2) is 2.11. The summed E-state index contributed by atoms with van der Waals surface area (Å²) in [5.41, 5.74) is 1.94. The Kier molecular flexibility index (Phi) is 1.66. The highest BCUT2D eigenvalue weighted by Gasteiger charge is 2.53. The van der Waals surface area contributed by atoms with Crippen LogP contribution < -0.4 is 0 Å². The van der Waals surface area contributed by atoms with Crippen LogP contribution in [0.5, 0.6) is 0 Å². The number of allylic oxidation sites excluding steroid dienone is 2. The van der Waals surface area contributed by atoms with Crippen LogP contribution in [-0.4, -0.2) is 0 Å². The number of rotatable bonds is 1. The van der Waals surface area contributed by atoms with Crippen molar-refractivity contribution in [3.8, 4) is 0 Å². The molecular formula is C10H17. The lowest BCUT2D eigenvalue weighted by Gasteiger charge is -1.96. The maximum atomic E-state index is 2.37. The minimum Gasteiger partial charge on any atom is -0.0816 e. The first-order valence-electron chi connectivity index (χ1n) is 3.95. The van der Waals surface area contributed by atoms with Gasteiger partial charge in [-0.05, 0) is 31.1 Å². The van der Waals surface area contributed by atoms with Gasteiger partial charge in [0, 0.05) is 0 Å². The maximum absolute atomic E-state index is 2.37. The highest BCUT2D eigenvalue weighted by atomic mass is 14.6. The van der Waals surface area contributed by atoms with Crippen molar-refractivity contribution in [2.75, 3.05) is 0 Å². The van der Waals surface area contributed by atoms with E-state index in [1.165, 1.54) is 5.57 Å². The molecule has 0 heterocycles. The molecule has 0 spiro atoms. The molecule has 0 saturated heterocycles. The molecule has 0 bridgehead atoms. The summed E-state index contributed by atoms with van der Waals surface area (Å²) >= 11 is 0. The highest BCUT2D eigenvalue weighted by Crippen LogP contribution is 2.60. The minimum absolute atomic E-state index is 0.497. The van der Waals surface area contributed by atoms with Gasteiger partial charge in [0.2, 0.25) is 0 Å². The van der Waals surface area contributed by atoms with Gasteiger partial charge >= 0.3 is 0 Å². The van der Waals surface area contributed by atoms with E-state index in [0.717, 1.165) is 5.92 Å². The Morgan fingerprint density at radius 2 is 1.80 bits per heavy atom. The van der Waals surface area contributed by atoms with Crippen molar-refractivity contribution < 1.29 is 0 Å². The molecule has 0 nitrogen and oxygen atoms in total. The Hall–Kier alpha value is -0.260. The normalized spacial score (nSPS) is 29.9. The maximum Gasteiger partial charge on any atom is -0.0109 e. The molecule has 0 N–H and O–H groups in total. The molecule has 57 valence electrons. The van der Waals surface area contributed by atoms with Gasteiger partial charge < -0.3 is 0 Å². The van der Waals surface area contributed by atoms with Crippen LogP contribution in [0.1, 0.15) is 34.6 Å². The number of hydrogen-bond acceptors (Lipinski definition) is 0. The van der Waals surface area contributed by atoms with Crippen molar-refractivity contribution in [1.82, 2.24) is 0 Å². The van der Waals surface area contributed by atoms with E-state index in [0.29, 0.717) is 5.41 Å². The summed E-state index contributed by atoms with van der Waals surface area (Å²) in [6, 6.07) is 0.